The average molecular weight is 483 g/mol. The first kappa shape index (κ1) is 24.0. The van der Waals surface area contributed by atoms with E-state index in [1.54, 1.807) is 19.2 Å². The van der Waals surface area contributed by atoms with Gasteiger partial charge in [0.1, 0.15) is 11.3 Å². The Hall–Kier alpha value is -3.17. The van der Waals surface area contributed by atoms with Crippen molar-refractivity contribution in [2.45, 2.75) is 26.8 Å². The van der Waals surface area contributed by atoms with Crippen molar-refractivity contribution in [3.8, 4) is 5.75 Å². The Labute approximate surface area is 203 Å². The van der Waals surface area contributed by atoms with Crippen LogP contribution in [0, 0.1) is 5.92 Å². The zero-order chi connectivity index (χ0) is 24.1. The van der Waals surface area contributed by atoms with Gasteiger partial charge in [0.15, 0.2) is 5.13 Å². The van der Waals surface area contributed by atoms with E-state index in [4.69, 9.17) is 9.47 Å². The van der Waals surface area contributed by atoms with Crippen molar-refractivity contribution in [3.05, 3.63) is 47.5 Å². The second-order valence-electron chi connectivity index (χ2n) is 8.26. The van der Waals surface area contributed by atoms with Gasteiger partial charge in [0.2, 0.25) is 5.91 Å². The largest absolute Gasteiger partial charge is 0.494 e. The number of benzene rings is 2. The van der Waals surface area contributed by atoms with Gasteiger partial charge in [0, 0.05) is 31.1 Å². The number of aromatic nitrogens is 1. The van der Waals surface area contributed by atoms with Crippen LogP contribution in [0.3, 0.4) is 0 Å². The number of rotatable bonds is 8. The standard InChI is InChI=1S/C25H30N4O4S/c1-4-16(2)23(30)26-15-17-5-7-18(8-6-17)24(31)28-25-27-21-20(32-3)10-9-19(22(21)34-25)29-11-13-33-14-12-29/h5-10,16H,4,11-15H2,1-3H3,(H,26,30)(H,27,28,31). The van der Waals surface area contributed by atoms with Crippen LogP contribution in [0.5, 0.6) is 5.75 Å². The van der Waals surface area contributed by atoms with E-state index < -0.39 is 0 Å². The minimum atomic E-state index is -0.235. The molecule has 180 valence electrons. The van der Waals surface area contributed by atoms with Crippen LogP contribution in [0.1, 0.15) is 36.2 Å². The van der Waals surface area contributed by atoms with Crippen LogP contribution in [0.25, 0.3) is 10.2 Å². The van der Waals surface area contributed by atoms with Gasteiger partial charge >= 0.3 is 0 Å². The molecule has 34 heavy (non-hydrogen) atoms. The fourth-order valence-electron chi connectivity index (χ4n) is 3.73. The molecule has 1 unspecified atom stereocenters. The highest BCUT2D eigenvalue weighted by Crippen LogP contribution is 2.39. The first-order chi connectivity index (χ1) is 16.5. The lowest BCUT2D eigenvalue weighted by molar-refractivity contribution is -0.124. The number of anilines is 2. The number of morpholine rings is 1. The van der Waals surface area contributed by atoms with Gasteiger partial charge < -0.3 is 19.7 Å². The molecule has 0 radical (unpaired) electrons. The Kier molecular flexibility index (Phi) is 7.64. The Morgan fingerprint density at radius 3 is 2.59 bits per heavy atom. The molecule has 0 bridgehead atoms. The Morgan fingerprint density at radius 1 is 1.18 bits per heavy atom. The van der Waals surface area contributed by atoms with E-state index in [1.807, 2.05) is 38.1 Å². The lowest BCUT2D eigenvalue weighted by Crippen LogP contribution is -2.36. The molecule has 1 aliphatic rings. The second kappa shape index (κ2) is 10.8. The van der Waals surface area contributed by atoms with Crippen molar-refractivity contribution in [3.63, 3.8) is 0 Å². The van der Waals surface area contributed by atoms with E-state index >= 15 is 0 Å². The zero-order valence-electron chi connectivity index (χ0n) is 19.7. The number of fused-ring (bicyclic) bond motifs is 1. The number of methoxy groups -OCH3 is 1. The van der Waals surface area contributed by atoms with Crippen molar-refractivity contribution in [2.24, 2.45) is 5.92 Å². The van der Waals surface area contributed by atoms with Crippen LogP contribution in [0.15, 0.2) is 36.4 Å². The maximum Gasteiger partial charge on any atom is 0.257 e. The molecule has 4 rings (SSSR count). The smallest absolute Gasteiger partial charge is 0.257 e. The third-order valence-corrected chi connectivity index (χ3v) is 7.01. The summed E-state index contributed by atoms with van der Waals surface area (Å²) >= 11 is 1.44. The van der Waals surface area contributed by atoms with Crippen LogP contribution in [-0.4, -0.2) is 50.2 Å². The molecule has 9 heteroatoms. The number of ether oxygens (including phenoxy) is 2. The fourth-order valence-corrected chi connectivity index (χ4v) is 4.75. The lowest BCUT2D eigenvalue weighted by atomic mass is 10.1. The number of amides is 2. The lowest BCUT2D eigenvalue weighted by Gasteiger charge is -2.29. The average Bonchev–Trinajstić information content (AvgIpc) is 3.30. The van der Waals surface area contributed by atoms with Gasteiger partial charge in [0.25, 0.3) is 5.91 Å². The third-order valence-electron chi connectivity index (χ3n) is 6.02. The van der Waals surface area contributed by atoms with Crippen LogP contribution in [0.4, 0.5) is 10.8 Å². The van der Waals surface area contributed by atoms with Gasteiger partial charge in [0.05, 0.1) is 30.7 Å². The van der Waals surface area contributed by atoms with E-state index in [1.165, 1.54) is 11.3 Å². The molecule has 2 heterocycles. The molecule has 1 atom stereocenters. The molecule has 1 fully saturated rings. The molecule has 0 saturated carbocycles. The van der Waals surface area contributed by atoms with E-state index in [0.29, 0.717) is 36.2 Å². The van der Waals surface area contributed by atoms with Crippen molar-refractivity contribution >= 4 is 44.2 Å². The van der Waals surface area contributed by atoms with Gasteiger partial charge in [-0.1, -0.05) is 37.3 Å². The number of thiazole rings is 1. The van der Waals surface area contributed by atoms with Gasteiger partial charge in [-0.3, -0.25) is 14.9 Å². The third kappa shape index (κ3) is 5.31. The Bertz CT molecular complexity index is 1160. The molecular formula is C25H30N4O4S. The Balaban J connectivity index is 1.47. The molecule has 1 aromatic heterocycles. The molecule has 2 N–H and O–H groups in total. The summed E-state index contributed by atoms with van der Waals surface area (Å²) in [4.78, 5) is 31.8. The first-order valence-corrected chi connectivity index (χ1v) is 12.3. The van der Waals surface area contributed by atoms with Crippen LogP contribution >= 0.6 is 11.3 Å². The van der Waals surface area contributed by atoms with E-state index in [-0.39, 0.29) is 17.7 Å². The summed E-state index contributed by atoms with van der Waals surface area (Å²) in [5, 5.41) is 6.36. The van der Waals surface area contributed by atoms with Gasteiger partial charge in [-0.05, 0) is 36.2 Å². The van der Waals surface area contributed by atoms with Crippen LogP contribution < -0.4 is 20.3 Å². The first-order valence-electron chi connectivity index (χ1n) is 11.5. The van der Waals surface area contributed by atoms with Crippen molar-refractivity contribution in [1.82, 2.24) is 10.3 Å². The van der Waals surface area contributed by atoms with Crippen molar-refractivity contribution in [2.75, 3.05) is 43.6 Å². The quantitative estimate of drug-likeness (QED) is 0.503. The zero-order valence-corrected chi connectivity index (χ0v) is 20.5. The second-order valence-corrected chi connectivity index (χ2v) is 9.26. The molecule has 3 aromatic rings. The van der Waals surface area contributed by atoms with Crippen molar-refractivity contribution in [1.29, 1.82) is 0 Å². The van der Waals surface area contributed by atoms with Crippen molar-refractivity contribution < 1.29 is 19.1 Å². The molecule has 1 saturated heterocycles. The molecule has 2 amide bonds. The highest BCUT2D eigenvalue weighted by molar-refractivity contribution is 7.23. The highest BCUT2D eigenvalue weighted by atomic mass is 32.1. The summed E-state index contributed by atoms with van der Waals surface area (Å²) in [6.07, 6.45) is 0.802. The number of hydrogen-bond acceptors (Lipinski definition) is 7. The van der Waals surface area contributed by atoms with Gasteiger partial charge in [-0.15, -0.1) is 0 Å². The summed E-state index contributed by atoms with van der Waals surface area (Å²) in [5.74, 6) is 0.460. The molecule has 8 nitrogen and oxygen atoms in total. The molecule has 2 aromatic carbocycles. The predicted octanol–water partition coefficient (Wildman–Crippen LogP) is 4.06. The SMILES string of the molecule is CCC(C)C(=O)NCc1ccc(C(=O)Nc2nc3c(OC)ccc(N4CCOCC4)c3s2)cc1. The van der Waals surface area contributed by atoms with Crippen LogP contribution in [0.2, 0.25) is 0 Å². The van der Waals surface area contributed by atoms with Gasteiger partial charge in [-0.2, -0.15) is 0 Å². The summed E-state index contributed by atoms with van der Waals surface area (Å²) in [7, 11) is 1.62. The normalized spacial score (nSPS) is 14.6. The summed E-state index contributed by atoms with van der Waals surface area (Å²) < 4.78 is 12.0. The summed E-state index contributed by atoms with van der Waals surface area (Å²) in [6, 6.07) is 11.2. The summed E-state index contributed by atoms with van der Waals surface area (Å²) in [6.45, 7) is 7.33. The monoisotopic (exact) mass is 482 g/mol. The maximum absolute atomic E-state index is 12.9. The number of carbonyl (C=O) groups excluding carboxylic acids is 2. The predicted molar refractivity (Wildman–Crippen MR) is 135 cm³/mol. The van der Waals surface area contributed by atoms with Gasteiger partial charge in [-0.25, -0.2) is 4.98 Å². The number of nitrogens with one attached hydrogen (secondary N) is 2. The highest BCUT2D eigenvalue weighted by Gasteiger charge is 2.20. The van der Waals surface area contributed by atoms with Crippen LogP contribution in [-0.2, 0) is 16.1 Å². The minimum absolute atomic E-state index is 0.0127. The number of nitrogens with zero attached hydrogens (tertiary/aromatic N) is 2. The minimum Gasteiger partial charge on any atom is -0.494 e. The van der Waals surface area contributed by atoms with E-state index in [2.05, 4.69) is 20.5 Å². The topological polar surface area (TPSA) is 92.8 Å². The fraction of sp³-hybridized carbons (Fsp3) is 0.400. The van der Waals surface area contributed by atoms with E-state index in [9.17, 15) is 9.59 Å². The Morgan fingerprint density at radius 2 is 1.91 bits per heavy atom. The maximum atomic E-state index is 12.9. The number of hydrogen-bond donors (Lipinski definition) is 2. The van der Waals surface area contributed by atoms with E-state index in [0.717, 1.165) is 41.0 Å². The molecular weight excluding hydrogens is 452 g/mol. The molecule has 1 aliphatic heterocycles. The molecule has 0 aliphatic carbocycles. The summed E-state index contributed by atoms with van der Waals surface area (Å²) in [5.41, 5.74) is 3.27. The molecule has 0 spiro atoms. The number of carbonyl (C=O) groups is 2.